The van der Waals surface area contributed by atoms with Gasteiger partial charge in [-0.3, -0.25) is 4.79 Å². The number of rotatable bonds is 5. The molecule has 0 heterocycles. The lowest BCUT2D eigenvalue weighted by Crippen LogP contribution is -2.48. The van der Waals surface area contributed by atoms with Gasteiger partial charge in [0.15, 0.2) is 0 Å². The van der Waals surface area contributed by atoms with Gasteiger partial charge in [-0.1, -0.05) is 76.7 Å². The first kappa shape index (κ1) is 22.7. The second-order valence-corrected chi connectivity index (χ2v) is 8.34. The van der Waals surface area contributed by atoms with Gasteiger partial charge in [0, 0.05) is 6.08 Å². The van der Waals surface area contributed by atoms with Crippen LogP contribution < -0.4 is 10.6 Å². The van der Waals surface area contributed by atoms with Crippen LogP contribution in [0.4, 0.5) is 18.9 Å². The molecule has 0 spiro atoms. The highest BCUT2D eigenvalue weighted by atomic mass is 35.6. The van der Waals surface area contributed by atoms with E-state index >= 15 is 0 Å². The van der Waals surface area contributed by atoms with Crippen LogP contribution in [-0.4, -0.2) is 15.9 Å². The first-order chi connectivity index (χ1) is 13.0. The second kappa shape index (κ2) is 9.27. The van der Waals surface area contributed by atoms with E-state index in [-0.39, 0.29) is 10.7 Å². The van der Waals surface area contributed by atoms with Crippen molar-refractivity contribution in [2.24, 2.45) is 0 Å². The lowest BCUT2D eigenvalue weighted by Gasteiger charge is -2.27. The number of halogens is 7. The molecule has 150 valence electrons. The average Bonchev–Trinajstić information content (AvgIpc) is 2.60. The topological polar surface area (TPSA) is 41.1 Å². The van der Waals surface area contributed by atoms with Gasteiger partial charge in [0.1, 0.15) is 6.17 Å². The summed E-state index contributed by atoms with van der Waals surface area (Å²) >= 11 is 23.5. The monoisotopic (exact) mass is 470 g/mol. The predicted octanol–water partition coefficient (Wildman–Crippen LogP) is 6.30. The van der Waals surface area contributed by atoms with E-state index in [1.54, 1.807) is 24.3 Å². The highest BCUT2D eigenvalue weighted by Gasteiger charge is 2.35. The molecule has 1 unspecified atom stereocenters. The maximum Gasteiger partial charge on any atom is 0.416 e. The van der Waals surface area contributed by atoms with Gasteiger partial charge in [0.2, 0.25) is 9.70 Å². The number of carbonyl (C=O) groups is 1. The highest BCUT2D eigenvalue weighted by Crippen LogP contribution is 2.36. The Morgan fingerprint density at radius 2 is 1.68 bits per heavy atom. The van der Waals surface area contributed by atoms with E-state index in [1.807, 2.05) is 6.07 Å². The molecular weight excluding hydrogens is 459 g/mol. The summed E-state index contributed by atoms with van der Waals surface area (Å²) in [5, 5.41) is 4.88. The molecule has 2 N–H and O–H groups in total. The van der Waals surface area contributed by atoms with Gasteiger partial charge in [0.05, 0.1) is 16.3 Å². The fourth-order valence-corrected chi connectivity index (χ4v) is 2.59. The van der Waals surface area contributed by atoms with Crippen LogP contribution in [0.3, 0.4) is 0 Å². The summed E-state index contributed by atoms with van der Waals surface area (Å²) in [7, 11) is 0. The third-order valence-electron chi connectivity index (χ3n) is 3.43. The number of carbonyl (C=O) groups excluding carboxylic acids is 1. The van der Waals surface area contributed by atoms with Gasteiger partial charge < -0.3 is 10.6 Å². The Hall–Kier alpha value is -1.60. The first-order valence-corrected chi connectivity index (χ1v) is 9.21. The molecule has 2 rings (SSSR count). The number of amides is 1. The number of nitrogens with one attached hydrogen (secondary N) is 2. The molecular formula is C18H13Cl4F3N2O. The molecule has 0 aliphatic heterocycles. The fraction of sp³-hybridized carbons (Fsp3) is 0.167. The standard InChI is InChI=1S/C18H13Cl4F3N2O/c19-13-8-7-12(18(23,24)25)10-14(13)26-16(17(20,21)22)27-15(28)9-6-11-4-2-1-3-5-11/h1-10,16,26H,(H,27,28)/b9-6+. The molecule has 1 amide bonds. The molecule has 1 atom stereocenters. The lowest BCUT2D eigenvalue weighted by molar-refractivity contribution is -0.137. The molecule has 0 bridgehead atoms. The molecule has 0 fully saturated rings. The molecule has 2 aromatic rings. The van der Waals surface area contributed by atoms with Crippen molar-refractivity contribution in [3.8, 4) is 0 Å². The zero-order valence-electron chi connectivity index (χ0n) is 13.9. The highest BCUT2D eigenvalue weighted by molar-refractivity contribution is 6.68. The van der Waals surface area contributed by atoms with Crippen LogP contribution in [0, 0.1) is 0 Å². The number of hydrogen-bond acceptors (Lipinski definition) is 2. The van der Waals surface area contributed by atoms with Gasteiger partial charge in [-0.15, -0.1) is 0 Å². The smallest absolute Gasteiger partial charge is 0.361 e. The summed E-state index contributed by atoms with van der Waals surface area (Å²) in [6.45, 7) is 0. The van der Waals surface area contributed by atoms with Crippen molar-refractivity contribution >= 4 is 64.1 Å². The lowest BCUT2D eigenvalue weighted by atomic mass is 10.2. The SMILES string of the molecule is O=C(/C=C/c1ccccc1)NC(Nc1cc(C(F)(F)F)ccc1Cl)C(Cl)(Cl)Cl. The van der Waals surface area contributed by atoms with Crippen LogP contribution in [0.2, 0.25) is 5.02 Å². The van der Waals surface area contributed by atoms with Gasteiger partial charge in [-0.2, -0.15) is 13.2 Å². The van der Waals surface area contributed by atoms with Gasteiger partial charge in [0.25, 0.3) is 0 Å². The van der Waals surface area contributed by atoms with E-state index in [0.717, 1.165) is 23.8 Å². The van der Waals surface area contributed by atoms with E-state index in [0.29, 0.717) is 0 Å². The van der Waals surface area contributed by atoms with Crippen LogP contribution in [-0.2, 0) is 11.0 Å². The van der Waals surface area contributed by atoms with Crippen LogP contribution in [0.5, 0.6) is 0 Å². The summed E-state index contributed by atoms with van der Waals surface area (Å²) in [5.41, 5.74) is -0.338. The van der Waals surface area contributed by atoms with Crippen LogP contribution in [0.1, 0.15) is 11.1 Å². The number of benzene rings is 2. The molecule has 2 aromatic carbocycles. The van der Waals surface area contributed by atoms with Crippen LogP contribution >= 0.6 is 46.4 Å². The molecule has 0 aliphatic carbocycles. The zero-order chi connectivity index (χ0) is 20.9. The van der Waals surface area contributed by atoms with Crippen molar-refractivity contribution in [2.75, 3.05) is 5.32 Å². The Balaban J connectivity index is 2.19. The summed E-state index contributed by atoms with van der Waals surface area (Å²) in [6.07, 6.45) is -3.21. The van der Waals surface area contributed by atoms with Gasteiger partial charge in [-0.05, 0) is 29.8 Å². The minimum atomic E-state index is -4.59. The minimum absolute atomic E-state index is 0.0404. The first-order valence-electron chi connectivity index (χ1n) is 7.70. The van der Waals surface area contributed by atoms with E-state index < -0.39 is 27.6 Å². The van der Waals surface area contributed by atoms with Crippen molar-refractivity contribution in [2.45, 2.75) is 16.1 Å². The van der Waals surface area contributed by atoms with Gasteiger partial charge >= 0.3 is 6.18 Å². The summed E-state index contributed by atoms with van der Waals surface area (Å²) in [4.78, 5) is 12.1. The molecule has 10 heteroatoms. The van der Waals surface area contributed by atoms with E-state index in [1.165, 1.54) is 12.2 Å². The maximum atomic E-state index is 12.9. The molecule has 28 heavy (non-hydrogen) atoms. The molecule has 3 nitrogen and oxygen atoms in total. The van der Waals surface area contributed by atoms with Gasteiger partial charge in [-0.25, -0.2) is 0 Å². The Morgan fingerprint density at radius 3 is 2.25 bits per heavy atom. The molecule has 0 aromatic heterocycles. The summed E-state index contributed by atoms with van der Waals surface area (Å²) in [6, 6.07) is 11.6. The molecule has 0 saturated carbocycles. The Labute approximate surface area is 179 Å². The minimum Gasteiger partial charge on any atom is -0.361 e. The third-order valence-corrected chi connectivity index (χ3v) is 4.42. The molecule has 0 saturated heterocycles. The second-order valence-electron chi connectivity index (χ2n) is 5.56. The number of anilines is 1. The molecule has 0 aliphatic rings. The Morgan fingerprint density at radius 1 is 1.04 bits per heavy atom. The van der Waals surface area contributed by atoms with Crippen molar-refractivity contribution in [1.82, 2.24) is 5.32 Å². The quantitative estimate of drug-likeness (QED) is 0.305. The fourth-order valence-electron chi connectivity index (χ4n) is 2.09. The van der Waals surface area contributed by atoms with Crippen molar-refractivity contribution in [1.29, 1.82) is 0 Å². The van der Waals surface area contributed by atoms with Crippen molar-refractivity contribution in [3.05, 3.63) is 70.8 Å². The zero-order valence-corrected chi connectivity index (χ0v) is 16.9. The number of alkyl halides is 6. The Kier molecular flexibility index (Phi) is 7.51. The van der Waals surface area contributed by atoms with E-state index in [2.05, 4.69) is 10.6 Å². The van der Waals surface area contributed by atoms with Crippen molar-refractivity contribution < 1.29 is 18.0 Å². The number of hydrogen-bond donors (Lipinski definition) is 2. The van der Waals surface area contributed by atoms with E-state index in [9.17, 15) is 18.0 Å². The van der Waals surface area contributed by atoms with Crippen LogP contribution in [0.15, 0.2) is 54.6 Å². The van der Waals surface area contributed by atoms with Crippen LogP contribution in [0.25, 0.3) is 6.08 Å². The normalized spacial score (nSPS) is 13.4. The summed E-state index contributed by atoms with van der Waals surface area (Å²) < 4.78 is 36.7. The van der Waals surface area contributed by atoms with E-state index in [4.69, 9.17) is 46.4 Å². The van der Waals surface area contributed by atoms with Crippen molar-refractivity contribution in [3.63, 3.8) is 0 Å². The largest absolute Gasteiger partial charge is 0.416 e. The summed E-state index contributed by atoms with van der Waals surface area (Å²) in [5.74, 6) is -0.629. The average molecular weight is 472 g/mol. The Bertz CT molecular complexity index is 852. The molecule has 0 radical (unpaired) electrons. The third kappa shape index (κ3) is 6.78. The maximum absolute atomic E-state index is 12.9. The predicted molar refractivity (Wildman–Crippen MR) is 108 cm³/mol.